The van der Waals surface area contributed by atoms with Gasteiger partial charge in [-0.2, -0.15) is 0 Å². The van der Waals surface area contributed by atoms with Gasteiger partial charge in [0.2, 0.25) is 5.91 Å². The predicted molar refractivity (Wildman–Crippen MR) is 75.3 cm³/mol. The van der Waals surface area contributed by atoms with Crippen LogP contribution in [0.3, 0.4) is 0 Å². The van der Waals surface area contributed by atoms with Crippen molar-refractivity contribution in [1.29, 1.82) is 0 Å². The van der Waals surface area contributed by atoms with Gasteiger partial charge in [0.05, 0.1) is 24.6 Å². The number of nitrogens with zero attached hydrogens (tertiary/aromatic N) is 1. The van der Waals surface area contributed by atoms with Crippen LogP contribution in [0.2, 0.25) is 0 Å². The van der Waals surface area contributed by atoms with Crippen LogP contribution in [-0.4, -0.2) is 35.0 Å². The Bertz CT molecular complexity index is 670. The maximum absolute atomic E-state index is 12.8. The Morgan fingerprint density at radius 1 is 1.41 bits per heavy atom. The lowest BCUT2D eigenvalue weighted by atomic mass is 9.77. The van der Waals surface area contributed by atoms with E-state index in [1.54, 1.807) is 11.0 Å². The Morgan fingerprint density at radius 2 is 2.14 bits per heavy atom. The number of carbonyl (C=O) groups is 2. The molecule has 0 radical (unpaired) electrons. The van der Waals surface area contributed by atoms with Gasteiger partial charge in [0.25, 0.3) is 0 Å². The van der Waals surface area contributed by atoms with Gasteiger partial charge in [0.15, 0.2) is 0 Å². The first-order chi connectivity index (χ1) is 10.5. The molecule has 0 aliphatic carbocycles. The number of carboxylic acids is 1. The summed E-state index contributed by atoms with van der Waals surface area (Å²) in [5, 5.41) is 11.4. The highest BCUT2D eigenvalue weighted by Crippen LogP contribution is 2.52. The van der Waals surface area contributed by atoms with Gasteiger partial charge in [-0.15, -0.1) is 0 Å². The van der Waals surface area contributed by atoms with Crippen molar-refractivity contribution in [3.05, 3.63) is 48.0 Å². The molecule has 0 saturated carbocycles. The average Bonchev–Trinajstić information content (AvgIpc) is 3.15. The Hall–Kier alpha value is -2.14. The summed E-state index contributed by atoms with van der Waals surface area (Å²) in [6.45, 7) is 2.35. The van der Waals surface area contributed by atoms with Crippen molar-refractivity contribution in [2.75, 3.05) is 6.54 Å². The van der Waals surface area contributed by atoms with Gasteiger partial charge in [0.1, 0.15) is 5.60 Å². The minimum absolute atomic E-state index is 0.118. The third kappa shape index (κ3) is 1.63. The number of ether oxygens (including phenoxy) is 1. The summed E-state index contributed by atoms with van der Waals surface area (Å²) in [6, 6.07) is 9.60. The molecule has 2 fully saturated rings. The van der Waals surface area contributed by atoms with Crippen molar-refractivity contribution in [3.8, 4) is 0 Å². The molecule has 0 unspecified atom stereocenters. The first-order valence-electron chi connectivity index (χ1n) is 7.47. The summed E-state index contributed by atoms with van der Waals surface area (Å²) < 4.78 is 5.85. The molecule has 0 N–H and O–H groups in total. The van der Waals surface area contributed by atoms with Crippen LogP contribution in [0.1, 0.15) is 18.5 Å². The fourth-order valence-electron chi connectivity index (χ4n) is 4.04. The highest BCUT2D eigenvalue weighted by atomic mass is 16.5. The second-order valence-corrected chi connectivity index (χ2v) is 6.27. The Morgan fingerprint density at radius 3 is 2.82 bits per heavy atom. The fraction of sp³-hybridized carbons (Fsp3) is 0.412. The normalized spacial score (nSPS) is 36.7. The molecule has 1 aromatic carbocycles. The molecule has 114 valence electrons. The second kappa shape index (κ2) is 4.43. The van der Waals surface area contributed by atoms with Gasteiger partial charge in [-0.3, -0.25) is 4.79 Å². The Kier molecular flexibility index (Phi) is 2.72. The zero-order chi connectivity index (χ0) is 15.5. The second-order valence-electron chi connectivity index (χ2n) is 6.27. The number of benzene rings is 1. The van der Waals surface area contributed by atoms with Crippen LogP contribution in [0.15, 0.2) is 42.5 Å². The Labute approximate surface area is 128 Å². The van der Waals surface area contributed by atoms with Crippen molar-refractivity contribution < 1.29 is 19.4 Å². The molecule has 1 amide bonds. The van der Waals surface area contributed by atoms with Crippen LogP contribution in [-0.2, 0) is 14.3 Å². The van der Waals surface area contributed by atoms with E-state index in [-0.39, 0.29) is 11.9 Å². The number of amides is 1. The van der Waals surface area contributed by atoms with E-state index in [2.05, 4.69) is 0 Å². The van der Waals surface area contributed by atoms with Crippen molar-refractivity contribution in [2.45, 2.75) is 24.7 Å². The molecule has 3 heterocycles. The molecule has 2 bridgehead atoms. The van der Waals surface area contributed by atoms with E-state index in [1.165, 1.54) is 0 Å². The monoisotopic (exact) mass is 298 g/mol. The lowest BCUT2D eigenvalue weighted by Crippen LogP contribution is -2.45. The molecule has 4 rings (SSSR count). The number of fused-ring (bicyclic) bond motifs is 1. The number of rotatable bonds is 3. The molecule has 0 aromatic heterocycles. The van der Waals surface area contributed by atoms with Gasteiger partial charge >= 0.3 is 0 Å². The van der Waals surface area contributed by atoms with E-state index in [0.717, 1.165) is 5.56 Å². The largest absolute Gasteiger partial charge is 0.550 e. The average molecular weight is 298 g/mol. The van der Waals surface area contributed by atoms with E-state index >= 15 is 0 Å². The molecule has 1 spiro atoms. The van der Waals surface area contributed by atoms with Gasteiger partial charge in [0, 0.05) is 11.9 Å². The van der Waals surface area contributed by atoms with E-state index in [4.69, 9.17) is 4.74 Å². The number of likely N-dealkylation sites (tertiary alicyclic amines) is 1. The van der Waals surface area contributed by atoms with E-state index in [0.29, 0.717) is 6.54 Å². The summed E-state index contributed by atoms with van der Waals surface area (Å²) in [5.41, 5.74) is 0.228. The molecule has 5 heteroatoms. The minimum Gasteiger partial charge on any atom is -0.550 e. The molecular formula is C17H16NO4-. The van der Waals surface area contributed by atoms with Crippen molar-refractivity contribution in [3.63, 3.8) is 0 Å². The van der Waals surface area contributed by atoms with Gasteiger partial charge in [-0.05, 0) is 12.5 Å². The third-order valence-electron chi connectivity index (χ3n) is 5.15. The smallest absolute Gasteiger partial charge is 0.230 e. The predicted octanol–water partition coefficient (Wildman–Crippen LogP) is 0.279. The summed E-state index contributed by atoms with van der Waals surface area (Å²) in [5.74, 6) is -2.91. The molecule has 3 aliphatic rings. The summed E-state index contributed by atoms with van der Waals surface area (Å²) in [7, 11) is 0. The summed E-state index contributed by atoms with van der Waals surface area (Å²) in [6.07, 6.45) is 3.08. The van der Waals surface area contributed by atoms with E-state index in [1.807, 2.05) is 43.3 Å². The van der Waals surface area contributed by atoms with Gasteiger partial charge in [-0.25, -0.2) is 0 Å². The standard InChI is InChI=1S/C17H17NO4/c1-10(11-5-3-2-4-6-11)18-9-17-8-7-12(22-17)13(16(20)21)14(17)15(18)19/h2-8,10,12-14H,9H2,1H3,(H,20,21)/p-1/t10-,12+,13-,14-,17+/m0/s1. The van der Waals surface area contributed by atoms with Crippen LogP contribution in [0, 0.1) is 11.8 Å². The van der Waals surface area contributed by atoms with Crippen LogP contribution < -0.4 is 5.11 Å². The maximum Gasteiger partial charge on any atom is 0.230 e. The number of carboxylic acid groups (broad SMARTS) is 1. The first-order valence-corrected chi connectivity index (χ1v) is 7.47. The Balaban J connectivity index is 1.68. The van der Waals surface area contributed by atoms with E-state index < -0.39 is 29.5 Å². The minimum atomic E-state index is -1.20. The third-order valence-corrected chi connectivity index (χ3v) is 5.15. The zero-order valence-corrected chi connectivity index (χ0v) is 12.1. The highest BCUT2D eigenvalue weighted by molar-refractivity contribution is 5.90. The first kappa shape index (κ1) is 13.5. The number of aliphatic carboxylic acids is 1. The number of hydrogen-bond donors (Lipinski definition) is 0. The highest BCUT2D eigenvalue weighted by Gasteiger charge is 2.65. The molecule has 22 heavy (non-hydrogen) atoms. The van der Waals surface area contributed by atoms with Crippen molar-refractivity contribution >= 4 is 11.9 Å². The summed E-state index contributed by atoms with van der Waals surface area (Å²) >= 11 is 0. The maximum atomic E-state index is 12.8. The quantitative estimate of drug-likeness (QED) is 0.752. The molecule has 3 aliphatic heterocycles. The van der Waals surface area contributed by atoms with Crippen LogP contribution in [0.4, 0.5) is 0 Å². The van der Waals surface area contributed by atoms with Gasteiger partial charge in [-0.1, -0.05) is 42.5 Å². The molecule has 5 atom stereocenters. The molecule has 1 aromatic rings. The lowest BCUT2D eigenvalue weighted by molar-refractivity contribution is -0.313. The fourth-order valence-corrected chi connectivity index (χ4v) is 4.04. The van der Waals surface area contributed by atoms with E-state index in [9.17, 15) is 14.7 Å². The molecular weight excluding hydrogens is 282 g/mol. The van der Waals surface area contributed by atoms with Crippen LogP contribution >= 0.6 is 0 Å². The van der Waals surface area contributed by atoms with Crippen molar-refractivity contribution in [2.24, 2.45) is 11.8 Å². The number of hydrogen-bond acceptors (Lipinski definition) is 4. The van der Waals surface area contributed by atoms with Crippen molar-refractivity contribution in [1.82, 2.24) is 4.90 Å². The lowest BCUT2D eigenvalue weighted by Gasteiger charge is -2.28. The van der Waals surface area contributed by atoms with Crippen LogP contribution in [0.5, 0.6) is 0 Å². The molecule has 2 saturated heterocycles. The topological polar surface area (TPSA) is 69.7 Å². The van der Waals surface area contributed by atoms with Gasteiger partial charge < -0.3 is 19.5 Å². The summed E-state index contributed by atoms with van der Waals surface area (Å²) in [4.78, 5) is 26.0. The zero-order valence-electron chi connectivity index (χ0n) is 12.1. The van der Waals surface area contributed by atoms with Crippen LogP contribution in [0.25, 0.3) is 0 Å². The number of carbonyl (C=O) groups excluding carboxylic acids is 2. The molecule has 5 nitrogen and oxygen atoms in total. The SMILES string of the molecule is C[C@@H](c1ccccc1)N1C[C@@]23C=C[C@@H](O2)[C@H](C(=O)[O-])[C@H]3C1=O.